The summed E-state index contributed by atoms with van der Waals surface area (Å²) < 4.78 is 39.1. The summed E-state index contributed by atoms with van der Waals surface area (Å²) in [6.45, 7) is 0. The van der Waals surface area contributed by atoms with Crippen molar-refractivity contribution in [3.63, 3.8) is 0 Å². The zero-order valence-corrected chi connectivity index (χ0v) is 19.1. The quantitative estimate of drug-likeness (QED) is 0.393. The molecule has 2 unspecified atom stereocenters. The number of rotatable bonds is 3. The molecule has 1 aliphatic heterocycles. The maximum atomic E-state index is 13.0. The Hall–Kier alpha value is -4.11. The second-order valence-corrected chi connectivity index (χ2v) is 8.79. The van der Waals surface area contributed by atoms with Crippen molar-refractivity contribution in [2.75, 3.05) is 10.6 Å². The van der Waals surface area contributed by atoms with Crippen LogP contribution in [0, 0.1) is 0 Å². The van der Waals surface area contributed by atoms with Crippen molar-refractivity contribution in [1.82, 2.24) is 5.32 Å². The molecule has 0 aromatic heterocycles. The molecule has 1 heterocycles. The molecule has 0 saturated carbocycles. The van der Waals surface area contributed by atoms with Crippen molar-refractivity contribution < 1.29 is 27.6 Å². The lowest BCUT2D eigenvalue weighted by molar-refractivity contribution is -0.137. The summed E-state index contributed by atoms with van der Waals surface area (Å²) in [5.74, 6) is -1.76. The molecule has 0 fully saturated rings. The average molecular weight is 512 g/mol. The van der Waals surface area contributed by atoms with Crippen molar-refractivity contribution >= 4 is 46.9 Å². The van der Waals surface area contributed by atoms with Gasteiger partial charge in [-0.25, -0.2) is 4.79 Å². The third kappa shape index (κ3) is 4.33. The lowest BCUT2D eigenvalue weighted by Gasteiger charge is -2.17. The molecular formula is C26H17ClF3N3O3. The number of halogens is 4. The molecule has 0 radical (unpaired) electrons. The number of benzene rings is 3. The summed E-state index contributed by atoms with van der Waals surface area (Å²) in [5.41, 5.74) is 2.15. The van der Waals surface area contributed by atoms with E-state index in [0.29, 0.717) is 11.8 Å². The van der Waals surface area contributed by atoms with Crippen molar-refractivity contribution in [2.24, 2.45) is 0 Å². The Balaban J connectivity index is 1.29. The van der Waals surface area contributed by atoms with Gasteiger partial charge in [-0.15, -0.1) is 0 Å². The van der Waals surface area contributed by atoms with Crippen LogP contribution in [0.4, 0.5) is 29.3 Å². The van der Waals surface area contributed by atoms with E-state index >= 15 is 0 Å². The van der Waals surface area contributed by atoms with Gasteiger partial charge in [-0.05, 0) is 47.0 Å². The van der Waals surface area contributed by atoms with Crippen molar-refractivity contribution in [3.8, 4) is 0 Å². The van der Waals surface area contributed by atoms with Crippen LogP contribution in [0.3, 0.4) is 0 Å². The Labute approximate surface area is 208 Å². The van der Waals surface area contributed by atoms with Gasteiger partial charge in [0.1, 0.15) is 0 Å². The Morgan fingerprint density at radius 1 is 0.972 bits per heavy atom. The van der Waals surface area contributed by atoms with Crippen molar-refractivity contribution in [3.05, 3.63) is 99.6 Å². The van der Waals surface area contributed by atoms with Crippen molar-refractivity contribution in [1.29, 1.82) is 0 Å². The summed E-state index contributed by atoms with van der Waals surface area (Å²) in [6.07, 6.45) is -0.768. The monoisotopic (exact) mass is 511 g/mol. The summed E-state index contributed by atoms with van der Waals surface area (Å²) >= 11 is 5.57. The second kappa shape index (κ2) is 8.83. The number of fused-ring (bicyclic) bond motifs is 2. The fourth-order valence-corrected chi connectivity index (χ4v) is 4.74. The summed E-state index contributed by atoms with van der Waals surface area (Å²) in [7, 11) is 0. The van der Waals surface area contributed by atoms with Crippen LogP contribution in [0.25, 0.3) is 6.08 Å². The zero-order chi connectivity index (χ0) is 25.6. The van der Waals surface area contributed by atoms with Gasteiger partial charge in [-0.3, -0.25) is 14.9 Å². The number of amides is 4. The zero-order valence-electron chi connectivity index (χ0n) is 18.3. The number of imide groups is 1. The van der Waals surface area contributed by atoms with Crippen molar-refractivity contribution in [2.45, 2.75) is 18.0 Å². The topological polar surface area (TPSA) is 87.3 Å². The predicted octanol–water partition coefficient (Wildman–Crippen LogP) is 6.17. The first-order chi connectivity index (χ1) is 17.1. The van der Waals surface area contributed by atoms with Gasteiger partial charge in [-0.1, -0.05) is 54.1 Å². The molecule has 5 rings (SSSR count). The van der Waals surface area contributed by atoms with Crippen LogP contribution in [0.1, 0.15) is 44.4 Å². The van der Waals surface area contributed by atoms with E-state index in [9.17, 15) is 27.6 Å². The van der Waals surface area contributed by atoms with Crippen LogP contribution < -0.4 is 16.0 Å². The van der Waals surface area contributed by atoms with Gasteiger partial charge in [0.05, 0.1) is 16.5 Å². The van der Waals surface area contributed by atoms with Gasteiger partial charge in [0, 0.05) is 22.9 Å². The van der Waals surface area contributed by atoms with Gasteiger partial charge in [-0.2, -0.15) is 13.2 Å². The minimum absolute atomic E-state index is 0.122. The molecule has 182 valence electrons. The number of carbonyl (C=O) groups excluding carboxylic acids is 3. The summed E-state index contributed by atoms with van der Waals surface area (Å²) in [6, 6.07) is 14.4. The number of nitrogens with one attached hydrogen (secondary N) is 3. The van der Waals surface area contributed by atoms with E-state index in [1.165, 1.54) is 0 Å². The Morgan fingerprint density at radius 3 is 2.53 bits per heavy atom. The highest BCUT2D eigenvalue weighted by Gasteiger charge is 2.38. The van der Waals surface area contributed by atoms with Gasteiger partial charge in [0.15, 0.2) is 0 Å². The minimum atomic E-state index is -4.75. The first-order valence-electron chi connectivity index (χ1n) is 10.8. The van der Waals surface area contributed by atoms with Gasteiger partial charge >= 0.3 is 12.2 Å². The normalized spacial score (nSPS) is 17.8. The fourth-order valence-electron chi connectivity index (χ4n) is 4.51. The molecule has 6 nitrogen and oxygen atoms in total. The molecule has 2 atom stereocenters. The maximum Gasteiger partial charge on any atom is 0.417 e. The van der Waals surface area contributed by atoms with Gasteiger partial charge < -0.3 is 10.6 Å². The summed E-state index contributed by atoms with van der Waals surface area (Å²) in [5, 5.41) is 6.72. The smallest absolute Gasteiger partial charge is 0.325 e. The molecule has 2 aliphatic rings. The summed E-state index contributed by atoms with van der Waals surface area (Å²) in [4.78, 5) is 37.5. The highest BCUT2D eigenvalue weighted by atomic mass is 35.5. The number of alkyl halides is 3. The molecular weight excluding hydrogens is 495 g/mol. The average Bonchev–Trinajstić information content (AvgIpc) is 3.37. The lowest BCUT2D eigenvalue weighted by Crippen LogP contribution is -2.34. The molecule has 10 heteroatoms. The lowest BCUT2D eigenvalue weighted by atomic mass is 9.83. The van der Waals surface area contributed by atoms with Crippen LogP contribution in [0.15, 0.2) is 66.7 Å². The number of anilines is 2. The van der Waals surface area contributed by atoms with Crippen LogP contribution in [-0.2, 0) is 11.0 Å². The maximum absolute atomic E-state index is 13.0. The molecule has 3 aromatic rings. The van der Waals surface area contributed by atoms with E-state index in [1.807, 2.05) is 41.7 Å². The Kier molecular flexibility index (Phi) is 5.80. The molecule has 3 aromatic carbocycles. The highest BCUT2D eigenvalue weighted by Crippen LogP contribution is 2.46. The number of hydrogen-bond acceptors (Lipinski definition) is 3. The standard InChI is InChI=1S/C26H17ClF3N3O3/c27-20-10-6-14(11-19(20)26(28,29)30)23(34)33-25(36)31-15-7-9-18-21(12-15)32-24(35)22(18)17-8-5-13-3-1-2-4-16(13)17/h1-12,17,22H,(H,32,35)(H2,31,33,34,36). The molecule has 0 spiro atoms. The third-order valence-corrected chi connectivity index (χ3v) is 6.47. The molecule has 4 amide bonds. The van der Waals surface area contributed by atoms with E-state index < -0.39 is 34.6 Å². The number of hydrogen-bond donors (Lipinski definition) is 3. The second-order valence-electron chi connectivity index (χ2n) is 8.38. The fraction of sp³-hybridized carbons (Fsp3) is 0.115. The first kappa shape index (κ1) is 23.6. The largest absolute Gasteiger partial charge is 0.417 e. The van der Waals surface area contributed by atoms with E-state index in [-0.39, 0.29) is 23.1 Å². The highest BCUT2D eigenvalue weighted by molar-refractivity contribution is 6.31. The van der Waals surface area contributed by atoms with Gasteiger partial charge in [0.2, 0.25) is 5.91 Å². The molecule has 1 aliphatic carbocycles. The van der Waals surface area contributed by atoms with Gasteiger partial charge in [0.25, 0.3) is 5.91 Å². The molecule has 0 saturated heterocycles. The number of allylic oxidation sites excluding steroid dienone is 1. The van der Waals surface area contributed by atoms with E-state index in [0.717, 1.165) is 28.8 Å². The van der Waals surface area contributed by atoms with Crippen LogP contribution in [-0.4, -0.2) is 17.8 Å². The number of urea groups is 1. The Morgan fingerprint density at radius 2 is 1.75 bits per heavy atom. The molecule has 3 N–H and O–H groups in total. The molecule has 36 heavy (non-hydrogen) atoms. The minimum Gasteiger partial charge on any atom is -0.325 e. The van der Waals surface area contributed by atoms with Crippen LogP contribution >= 0.6 is 11.6 Å². The third-order valence-electron chi connectivity index (χ3n) is 6.14. The SMILES string of the molecule is O=C(NC(=O)c1ccc(Cl)c(C(F)(F)F)c1)Nc1ccc2c(c1)NC(=O)C2C1C=Cc2ccccc21. The van der Waals surface area contributed by atoms with Crippen LogP contribution in [0.5, 0.6) is 0 Å². The molecule has 0 bridgehead atoms. The van der Waals surface area contributed by atoms with Crippen LogP contribution in [0.2, 0.25) is 5.02 Å². The Bertz CT molecular complexity index is 1450. The first-order valence-corrected chi connectivity index (χ1v) is 11.2. The predicted molar refractivity (Wildman–Crippen MR) is 129 cm³/mol. The van der Waals surface area contributed by atoms with E-state index in [1.54, 1.807) is 18.2 Å². The number of carbonyl (C=O) groups is 3. The van der Waals surface area contributed by atoms with E-state index in [2.05, 4.69) is 10.6 Å². The van der Waals surface area contributed by atoms with E-state index in [4.69, 9.17) is 11.6 Å².